The third kappa shape index (κ3) is 11.4. The zero-order valence-corrected chi connectivity index (χ0v) is 18.4. The Kier molecular flexibility index (Phi) is 11.2. The topological polar surface area (TPSA) is 93.8 Å². The molecule has 0 aromatic heterocycles. The molecule has 0 heterocycles. The second kappa shape index (κ2) is 13.1. The molecule has 0 saturated carbocycles. The Morgan fingerprint density at radius 1 is 1.17 bits per heavy atom. The molecule has 1 atom stereocenters. The molecule has 0 radical (unpaired) electrons. The number of carbonyl (C=O) groups excluding carboxylic acids is 2. The van der Waals surface area contributed by atoms with Crippen molar-refractivity contribution in [2.75, 3.05) is 6.54 Å². The zero-order valence-electron chi connectivity index (χ0n) is 18.4. The summed E-state index contributed by atoms with van der Waals surface area (Å²) in [6.07, 6.45) is 9.05. The molecule has 2 amide bonds. The molecule has 0 saturated heterocycles. The van der Waals surface area contributed by atoms with Gasteiger partial charge in [-0.1, -0.05) is 51.2 Å². The van der Waals surface area contributed by atoms with Crippen molar-refractivity contribution in [2.24, 2.45) is 10.7 Å². The number of rotatable bonds is 11. The summed E-state index contributed by atoms with van der Waals surface area (Å²) in [7, 11) is 0. The lowest BCUT2D eigenvalue weighted by molar-refractivity contribution is 0.0604. The molecular weight excluding hydrogens is 366 g/mol. The van der Waals surface area contributed by atoms with Crippen molar-refractivity contribution in [3.63, 3.8) is 0 Å². The van der Waals surface area contributed by atoms with E-state index < -0.39 is 17.7 Å². The highest BCUT2D eigenvalue weighted by atomic mass is 16.6. The molecule has 6 heteroatoms. The van der Waals surface area contributed by atoms with Gasteiger partial charge in [0.1, 0.15) is 5.60 Å². The molecular formula is C23H37N3O3. The van der Waals surface area contributed by atoms with Gasteiger partial charge in [-0.05, 0) is 51.3 Å². The Bertz CT molecular complexity index is 666. The lowest BCUT2D eigenvalue weighted by atomic mass is 10.0. The number of carbonyl (C=O) groups is 2. The summed E-state index contributed by atoms with van der Waals surface area (Å²) in [6.45, 7) is 7.65. The van der Waals surface area contributed by atoms with Gasteiger partial charge in [-0.15, -0.1) is 0 Å². The standard InChI is InChI=1S/C23H37N3O3/c1-5-6-7-8-9-10-12-18-13-11-14-19(15-18)21(27)26-20(16-24)17-25-22(28)29-23(2,3)4/h11,13-15,17,20H,5-10,12,16,24H2,1-4H3,(H,26,27). The summed E-state index contributed by atoms with van der Waals surface area (Å²) >= 11 is 0. The number of nitrogens with zero attached hydrogens (tertiary/aromatic N) is 1. The zero-order chi connectivity index (χ0) is 21.7. The molecule has 3 N–H and O–H groups in total. The quantitative estimate of drug-likeness (QED) is 0.415. The van der Waals surface area contributed by atoms with E-state index in [4.69, 9.17) is 10.5 Å². The molecule has 0 aliphatic carbocycles. The summed E-state index contributed by atoms with van der Waals surface area (Å²) < 4.78 is 5.12. The van der Waals surface area contributed by atoms with Crippen LogP contribution in [0.4, 0.5) is 4.79 Å². The van der Waals surface area contributed by atoms with E-state index in [2.05, 4.69) is 17.2 Å². The Hall–Kier alpha value is -2.21. The van der Waals surface area contributed by atoms with Crippen LogP contribution in [0.15, 0.2) is 29.3 Å². The number of aryl methyl sites for hydroxylation is 1. The van der Waals surface area contributed by atoms with Crippen LogP contribution in [0.3, 0.4) is 0 Å². The SMILES string of the molecule is CCCCCCCCc1cccc(C(=O)NC(C=NC(=O)OC(C)(C)C)CN)c1. The average Bonchev–Trinajstić information content (AvgIpc) is 2.66. The van der Waals surface area contributed by atoms with Crippen molar-refractivity contribution in [3.05, 3.63) is 35.4 Å². The van der Waals surface area contributed by atoms with E-state index in [1.165, 1.54) is 38.3 Å². The van der Waals surface area contributed by atoms with Gasteiger partial charge in [-0.2, -0.15) is 4.99 Å². The van der Waals surface area contributed by atoms with E-state index in [9.17, 15) is 9.59 Å². The minimum Gasteiger partial charge on any atom is -0.442 e. The molecule has 1 aromatic carbocycles. The minimum absolute atomic E-state index is 0.134. The summed E-state index contributed by atoms with van der Waals surface area (Å²) in [4.78, 5) is 28.0. The van der Waals surface area contributed by atoms with Crippen molar-refractivity contribution >= 4 is 18.2 Å². The van der Waals surface area contributed by atoms with Crippen LogP contribution in [0.25, 0.3) is 0 Å². The molecule has 1 rings (SSSR count). The molecule has 6 nitrogen and oxygen atoms in total. The number of unbranched alkanes of at least 4 members (excludes halogenated alkanes) is 5. The molecule has 162 valence electrons. The number of hydrogen-bond acceptors (Lipinski definition) is 4. The van der Waals surface area contributed by atoms with Crippen molar-refractivity contribution in [2.45, 2.75) is 84.3 Å². The van der Waals surface area contributed by atoms with Crippen LogP contribution in [-0.2, 0) is 11.2 Å². The summed E-state index contributed by atoms with van der Waals surface area (Å²) in [5.74, 6) is -0.235. The Balaban J connectivity index is 2.56. The number of nitrogens with one attached hydrogen (secondary N) is 1. The number of aliphatic imine (C=N–C) groups is 1. The smallest absolute Gasteiger partial charge is 0.433 e. The predicted molar refractivity (Wildman–Crippen MR) is 119 cm³/mol. The molecule has 0 aliphatic rings. The first-order chi connectivity index (χ1) is 13.7. The normalized spacial score (nSPS) is 12.7. The van der Waals surface area contributed by atoms with Crippen LogP contribution >= 0.6 is 0 Å². The van der Waals surface area contributed by atoms with Gasteiger partial charge < -0.3 is 15.8 Å². The van der Waals surface area contributed by atoms with Gasteiger partial charge in [0.15, 0.2) is 0 Å². The highest BCUT2D eigenvalue weighted by Crippen LogP contribution is 2.12. The largest absolute Gasteiger partial charge is 0.442 e. The van der Waals surface area contributed by atoms with Crippen LogP contribution in [0.5, 0.6) is 0 Å². The third-order valence-electron chi connectivity index (χ3n) is 4.33. The van der Waals surface area contributed by atoms with Crippen molar-refractivity contribution in [1.29, 1.82) is 0 Å². The second-order valence-electron chi connectivity index (χ2n) is 8.29. The lowest BCUT2D eigenvalue weighted by Gasteiger charge is -2.17. The Morgan fingerprint density at radius 3 is 2.52 bits per heavy atom. The maximum absolute atomic E-state index is 12.5. The van der Waals surface area contributed by atoms with Gasteiger partial charge >= 0.3 is 6.09 Å². The van der Waals surface area contributed by atoms with Crippen LogP contribution < -0.4 is 11.1 Å². The molecule has 29 heavy (non-hydrogen) atoms. The van der Waals surface area contributed by atoms with Crippen LogP contribution in [0, 0.1) is 0 Å². The van der Waals surface area contributed by atoms with Gasteiger partial charge in [-0.3, -0.25) is 4.79 Å². The first kappa shape index (κ1) is 24.8. The number of benzene rings is 1. The van der Waals surface area contributed by atoms with E-state index in [1.54, 1.807) is 26.8 Å². The third-order valence-corrected chi connectivity index (χ3v) is 4.33. The summed E-state index contributed by atoms with van der Waals surface area (Å²) in [6, 6.07) is 7.09. The minimum atomic E-state index is -0.703. The highest BCUT2D eigenvalue weighted by Gasteiger charge is 2.16. The van der Waals surface area contributed by atoms with Crippen molar-refractivity contribution in [1.82, 2.24) is 5.32 Å². The van der Waals surface area contributed by atoms with Gasteiger partial charge in [0.25, 0.3) is 5.91 Å². The average molecular weight is 404 g/mol. The van der Waals surface area contributed by atoms with Gasteiger partial charge in [0.2, 0.25) is 0 Å². The fourth-order valence-corrected chi connectivity index (χ4v) is 2.83. The molecule has 0 spiro atoms. The van der Waals surface area contributed by atoms with E-state index in [-0.39, 0.29) is 12.5 Å². The lowest BCUT2D eigenvalue weighted by Crippen LogP contribution is -2.41. The molecule has 0 fully saturated rings. The summed E-state index contributed by atoms with van der Waals surface area (Å²) in [5, 5.41) is 2.80. The first-order valence-electron chi connectivity index (χ1n) is 10.6. The predicted octanol–water partition coefficient (Wildman–Crippen LogP) is 4.65. The van der Waals surface area contributed by atoms with Crippen molar-refractivity contribution in [3.8, 4) is 0 Å². The Morgan fingerprint density at radius 2 is 1.86 bits per heavy atom. The van der Waals surface area contributed by atoms with E-state index in [1.807, 2.05) is 18.2 Å². The molecule has 1 unspecified atom stereocenters. The summed E-state index contributed by atoms with van der Waals surface area (Å²) in [5.41, 5.74) is 6.82. The van der Waals surface area contributed by atoms with Crippen molar-refractivity contribution < 1.29 is 14.3 Å². The first-order valence-corrected chi connectivity index (χ1v) is 10.6. The number of nitrogens with two attached hydrogens (primary N) is 1. The van der Waals surface area contributed by atoms with Crippen LogP contribution in [0.2, 0.25) is 0 Å². The molecule has 0 bridgehead atoms. The van der Waals surface area contributed by atoms with Gasteiger partial charge in [0, 0.05) is 18.3 Å². The monoisotopic (exact) mass is 403 g/mol. The fraction of sp³-hybridized carbons (Fsp3) is 0.609. The molecule has 1 aromatic rings. The maximum atomic E-state index is 12.5. The maximum Gasteiger partial charge on any atom is 0.433 e. The molecule has 0 aliphatic heterocycles. The Labute approximate surface area is 175 Å². The van der Waals surface area contributed by atoms with Gasteiger partial charge in [-0.25, -0.2) is 4.79 Å². The van der Waals surface area contributed by atoms with Crippen LogP contribution in [-0.4, -0.2) is 36.4 Å². The second-order valence-corrected chi connectivity index (χ2v) is 8.29. The van der Waals surface area contributed by atoms with E-state index in [0.717, 1.165) is 18.4 Å². The highest BCUT2D eigenvalue weighted by molar-refractivity contribution is 5.96. The number of ether oxygens (including phenoxy) is 1. The van der Waals surface area contributed by atoms with E-state index in [0.29, 0.717) is 5.56 Å². The van der Waals surface area contributed by atoms with Crippen LogP contribution in [0.1, 0.15) is 82.1 Å². The number of amides is 2. The van der Waals surface area contributed by atoms with Gasteiger partial charge in [0.05, 0.1) is 6.04 Å². The number of hydrogen-bond donors (Lipinski definition) is 2. The van der Waals surface area contributed by atoms with E-state index >= 15 is 0 Å². The fourth-order valence-electron chi connectivity index (χ4n) is 2.83.